The zero-order chi connectivity index (χ0) is 46.5. The summed E-state index contributed by atoms with van der Waals surface area (Å²) in [5.41, 5.74) is 4.00. The SMILES string of the molecule is CCCCC(CC)CI.CCCCC(CC)CN1C(=O)C2=C(c3ccco3)N(CC(CC)CCCC)C(=O)C2=C1c1ccco1.O=C1CC(c2ccco2)=C2C(=O)NC(c3ccco3)=C12. The topological polar surface area (TPSA) is 139 Å². The molecule has 0 saturated heterocycles. The minimum absolute atomic E-state index is 0.101. The van der Waals surface area contributed by atoms with E-state index in [0.717, 1.165) is 57.3 Å². The third-order valence-corrected chi connectivity index (χ3v) is 14.1. The fourth-order valence-electron chi connectivity index (χ4n) is 8.97. The van der Waals surface area contributed by atoms with E-state index < -0.39 is 0 Å². The lowest BCUT2D eigenvalue weighted by Gasteiger charge is -2.28. The molecule has 0 aromatic carbocycles. The summed E-state index contributed by atoms with van der Waals surface area (Å²) < 4.78 is 23.5. The van der Waals surface area contributed by atoms with Crippen molar-refractivity contribution in [1.82, 2.24) is 15.1 Å². The molecule has 0 spiro atoms. The maximum atomic E-state index is 14.1. The van der Waals surface area contributed by atoms with Crippen LogP contribution in [0.2, 0.25) is 0 Å². The third kappa shape index (κ3) is 11.1. The molecule has 3 amide bonds. The quantitative estimate of drug-likeness (QED) is 0.0643. The van der Waals surface area contributed by atoms with Crippen molar-refractivity contribution in [2.45, 2.75) is 125 Å². The number of carbonyl (C=O) groups excluding carboxylic acids is 4. The summed E-state index contributed by atoms with van der Waals surface area (Å²) in [6, 6.07) is 14.2. The van der Waals surface area contributed by atoms with Gasteiger partial charge in [0.05, 0.1) is 53.0 Å². The molecule has 1 aliphatic carbocycles. The number of furan rings is 4. The van der Waals surface area contributed by atoms with E-state index in [0.29, 0.717) is 92.9 Å². The summed E-state index contributed by atoms with van der Waals surface area (Å²) in [6.07, 6.45) is 20.5. The van der Waals surface area contributed by atoms with Crippen molar-refractivity contribution >= 4 is 68.8 Å². The first-order chi connectivity index (χ1) is 31.6. The lowest BCUT2D eigenvalue weighted by molar-refractivity contribution is -0.124. The number of allylic oxidation sites excluding steroid dienone is 1. The summed E-state index contributed by atoms with van der Waals surface area (Å²) >= 11 is 2.49. The molecule has 348 valence electrons. The minimum Gasteiger partial charge on any atom is -0.465 e. The minimum atomic E-state index is -0.288. The number of carbonyl (C=O) groups is 4. The molecule has 0 radical (unpaired) electrons. The standard InChI is InChI=1S/C30H40N2O4.C15H9NO4.C8H17I/c1-5-9-13-21(7-3)19-31-27(23-15-11-17-35-23)25-26(29(31)33)28(24-16-12-18-36-24)32(30(25)34)20-22(8-4)14-10-6-2;17-9-7-8(10-3-1-5-19-10)12-13(9)14(16-15(12)18)11-4-2-6-20-11;1-3-5-6-8(4-2)7-9/h11-12,15-18,21-22H,5-10,13-14,19-20H2,1-4H3;1-6H,7H2,(H,16,18);8H,3-7H2,1-2H3. The van der Waals surface area contributed by atoms with Gasteiger partial charge in [-0.1, -0.05) is 122 Å². The van der Waals surface area contributed by atoms with Crippen LogP contribution in [-0.4, -0.2) is 50.8 Å². The van der Waals surface area contributed by atoms with Crippen LogP contribution < -0.4 is 5.32 Å². The van der Waals surface area contributed by atoms with E-state index >= 15 is 0 Å². The monoisotopic (exact) mass is 999 g/mol. The first-order valence-corrected chi connectivity index (χ1v) is 25.3. The average molecular weight is 1000 g/mol. The molecule has 7 heterocycles. The molecule has 0 bridgehead atoms. The van der Waals surface area contributed by atoms with Crippen molar-refractivity contribution in [3.05, 3.63) is 119 Å². The second kappa shape index (κ2) is 23.9. The number of hydrogen-bond acceptors (Lipinski definition) is 8. The number of ketones is 1. The Morgan fingerprint density at radius 3 is 1.35 bits per heavy atom. The molecule has 4 aromatic heterocycles. The van der Waals surface area contributed by atoms with Crippen LogP contribution in [0.1, 0.15) is 148 Å². The fourth-order valence-corrected chi connectivity index (χ4v) is 10.0. The van der Waals surface area contributed by atoms with E-state index in [1.807, 2.05) is 24.3 Å². The number of hydrogen-bond donors (Lipinski definition) is 1. The number of fused-ring (bicyclic) bond motifs is 2. The van der Waals surface area contributed by atoms with Crippen molar-refractivity contribution in [2.75, 3.05) is 17.5 Å². The second-order valence-electron chi connectivity index (χ2n) is 17.2. The van der Waals surface area contributed by atoms with Crippen molar-refractivity contribution in [3.8, 4) is 0 Å². The van der Waals surface area contributed by atoms with Crippen molar-refractivity contribution < 1.29 is 36.8 Å². The maximum Gasteiger partial charge on any atom is 0.261 e. The number of amides is 3. The first-order valence-electron chi connectivity index (χ1n) is 23.8. The predicted molar refractivity (Wildman–Crippen MR) is 263 cm³/mol. The van der Waals surface area contributed by atoms with Crippen LogP contribution in [-0.2, 0) is 19.2 Å². The zero-order valence-corrected chi connectivity index (χ0v) is 41.2. The Balaban J connectivity index is 0.000000200. The van der Waals surface area contributed by atoms with Gasteiger partial charge in [0.2, 0.25) is 0 Å². The van der Waals surface area contributed by atoms with Crippen molar-refractivity contribution in [2.24, 2.45) is 17.8 Å². The summed E-state index contributed by atoms with van der Waals surface area (Å²) in [4.78, 5) is 56.2. The molecule has 3 aliphatic heterocycles. The zero-order valence-electron chi connectivity index (χ0n) is 39.0. The average Bonchev–Trinajstić information content (AvgIpc) is 4.17. The number of rotatable bonds is 21. The van der Waals surface area contributed by atoms with Gasteiger partial charge in [0.15, 0.2) is 23.1 Å². The van der Waals surface area contributed by atoms with Gasteiger partial charge in [0, 0.05) is 29.5 Å². The van der Waals surface area contributed by atoms with Crippen LogP contribution in [0.5, 0.6) is 0 Å². The van der Waals surface area contributed by atoms with Crippen molar-refractivity contribution in [3.63, 3.8) is 0 Å². The Morgan fingerprint density at radius 2 is 0.969 bits per heavy atom. The van der Waals surface area contributed by atoms with Gasteiger partial charge < -0.3 is 32.8 Å². The summed E-state index contributed by atoms with van der Waals surface area (Å²) in [5, 5.41) is 2.71. The highest BCUT2D eigenvalue weighted by atomic mass is 127. The van der Waals surface area contributed by atoms with Gasteiger partial charge in [-0.2, -0.15) is 0 Å². The summed E-state index contributed by atoms with van der Waals surface area (Å²) in [7, 11) is 0. The Morgan fingerprint density at radius 1 is 0.554 bits per heavy atom. The lowest BCUT2D eigenvalue weighted by atomic mass is 9.98. The number of unbranched alkanes of at least 4 members (excludes halogenated alkanes) is 3. The van der Waals surface area contributed by atoms with Crippen LogP contribution >= 0.6 is 22.6 Å². The molecule has 12 heteroatoms. The Labute approximate surface area is 397 Å². The van der Waals surface area contributed by atoms with Gasteiger partial charge in [0.25, 0.3) is 17.7 Å². The number of alkyl halides is 1. The van der Waals surface area contributed by atoms with Crippen LogP contribution in [0.25, 0.3) is 22.7 Å². The maximum absolute atomic E-state index is 14.1. The molecular formula is C53H66IN3O8. The highest BCUT2D eigenvalue weighted by molar-refractivity contribution is 14.1. The number of Topliss-reactive ketones (excluding diaryl/α,β-unsaturated/α-hetero) is 1. The number of halogens is 1. The van der Waals surface area contributed by atoms with E-state index in [2.05, 4.69) is 69.5 Å². The number of nitrogens with one attached hydrogen (secondary N) is 1. The predicted octanol–water partition coefficient (Wildman–Crippen LogP) is 12.9. The molecule has 3 unspecified atom stereocenters. The molecule has 65 heavy (non-hydrogen) atoms. The van der Waals surface area contributed by atoms with E-state index in [-0.39, 0.29) is 29.9 Å². The summed E-state index contributed by atoms with van der Waals surface area (Å²) in [5.74, 6) is 3.22. The third-order valence-electron chi connectivity index (χ3n) is 12.9. The first kappa shape index (κ1) is 49.3. The van der Waals surface area contributed by atoms with Crippen LogP contribution in [0.15, 0.2) is 114 Å². The second-order valence-corrected chi connectivity index (χ2v) is 18.1. The smallest absolute Gasteiger partial charge is 0.261 e. The lowest BCUT2D eigenvalue weighted by Crippen LogP contribution is -2.34. The Bertz CT molecular complexity index is 2170. The van der Waals surface area contributed by atoms with Gasteiger partial charge >= 0.3 is 0 Å². The highest BCUT2D eigenvalue weighted by Gasteiger charge is 2.51. The van der Waals surface area contributed by atoms with E-state index in [4.69, 9.17) is 17.7 Å². The molecule has 0 fully saturated rings. The molecule has 11 nitrogen and oxygen atoms in total. The summed E-state index contributed by atoms with van der Waals surface area (Å²) in [6.45, 7) is 14.4. The largest absolute Gasteiger partial charge is 0.465 e. The molecule has 0 saturated carbocycles. The van der Waals surface area contributed by atoms with Crippen LogP contribution in [0, 0.1) is 17.8 Å². The fraction of sp³-hybridized carbons (Fsp3) is 0.472. The van der Waals surface area contributed by atoms with Gasteiger partial charge in [-0.05, 0) is 85.5 Å². The van der Waals surface area contributed by atoms with E-state index in [1.54, 1.807) is 46.6 Å². The number of nitrogens with zero attached hydrogens (tertiary/aromatic N) is 2. The molecule has 3 atom stereocenters. The molecule has 4 aliphatic rings. The molecule has 1 N–H and O–H groups in total. The van der Waals surface area contributed by atoms with Crippen LogP contribution in [0.4, 0.5) is 0 Å². The normalized spacial score (nSPS) is 17.2. The van der Waals surface area contributed by atoms with Crippen molar-refractivity contribution in [1.29, 1.82) is 0 Å². The van der Waals surface area contributed by atoms with E-state index in [1.165, 1.54) is 42.6 Å². The van der Waals surface area contributed by atoms with Gasteiger partial charge in [-0.15, -0.1) is 0 Å². The van der Waals surface area contributed by atoms with Gasteiger partial charge in [-0.3, -0.25) is 19.2 Å². The Hall–Kier alpha value is -5.11. The van der Waals surface area contributed by atoms with Gasteiger partial charge in [0.1, 0.15) is 17.2 Å². The Kier molecular flexibility index (Phi) is 18.1. The molecular weight excluding hydrogens is 933 g/mol. The highest BCUT2D eigenvalue weighted by Crippen LogP contribution is 2.48. The van der Waals surface area contributed by atoms with E-state index in [9.17, 15) is 19.2 Å². The molecule has 4 aromatic rings. The molecule has 8 rings (SSSR count). The van der Waals surface area contributed by atoms with Crippen LogP contribution in [0.3, 0.4) is 0 Å². The van der Waals surface area contributed by atoms with Gasteiger partial charge in [-0.25, -0.2) is 0 Å².